The van der Waals surface area contributed by atoms with Crippen molar-refractivity contribution in [1.29, 1.82) is 0 Å². The third kappa shape index (κ3) is 5.13. The zero-order valence-electron chi connectivity index (χ0n) is 16.3. The Kier molecular flexibility index (Phi) is 6.68. The second kappa shape index (κ2) is 9.60. The van der Waals surface area contributed by atoms with Gasteiger partial charge in [-0.2, -0.15) is 0 Å². The van der Waals surface area contributed by atoms with Gasteiger partial charge in [0.2, 0.25) is 0 Å². The van der Waals surface area contributed by atoms with Gasteiger partial charge in [-0.3, -0.25) is 0 Å². The number of hydrogen-bond acceptors (Lipinski definition) is 4. The van der Waals surface area contributed by atoms with E-state index in [1.54, 1.807) is 19.1 Å². The highest BCUT2D eigenvalue weighted by atomic mass is 16.5. The van der Waals surface area contributed by atoms with Crippen molar-refractivity contribution in [3.05, 3.63) is 95.1 Å². The van der Waals surface area contributed by atoms with Gasteiger partial charge in [0.15, 0.2) is 0 Å². The molecule has 0 saturated heterocycles. The molecule has 3 aromatic rings. The smallest absolute Gasteiger partial charge is 0.338 e. The minimum atomic E-state index is -0.302. The third-order valence-electron chi connectivity index (χ3n) is 4.50. The largest absolute Gasteiger partial charge is 0.489 e. The van der Waals surface area contributed by atoms with Gasteiger partial charge in [-0.25, -0.2) is 4.79 Å². The van der Waals surface area contributed by atoms with Gasteiger partial charge < -0.3 is 14.8 Å². The van der Waals surface area contributed by atoms with Gasteiger partial charge in [0.1, 0.15) is 12.4 Å². The van der Waals surface area contributed by atoms with Crippen molar-refractivity contribution < 1.29 is 14.3 Å². The molecule has 0 aromatic heterocycles. The van der Waals surface area contributed by atoms with Crippen LogP contribution in [0.4, 0.5) is 5.69 Å². The number of rotatable bonds is 8. The van der Waals surface area contributed by atoms with E-state index >= 15 is 0 Å². The number of carbonyl (C=O) groups is 1. The first-order valence-electron chi connectivity index (χ1n) is 9.43. The lowest BCUT2D eigenvalue weighted by atomic mass is 10.1. The maximum absolute atomic E-state index is 11.7. The molecule has 0 atom stereocenters. The van der Waals surface area contributed by atoms with E-state index < -0.39 is 0 Å². The van der Waals surface area contributed by atoms with Crippen LogP contribution in [0.5, 0.6) is 5.75 Å². The minimum absolute atomic E-state index is 0.302. The summed E-state index contributed by atoms with van der Waals surface area (Å²) < 4.78 is 11.1. The van der Waals surface area contributed by atoms with Crippen LogP contribution in [-0.2, 0) is 17.9 Å². The first-order chi connectivity index (χ1) is 13.7. The van der Waals surface area contributed by atoms with Gasteiger partial charge in [-0.05, 0) is 55.3 Å². The Labute approximate surface area is 166 Å². The molecule has 4 nitrogen and oxygen atoms in total. The van der Waals surface area contributed by atoms with Crippen LogP contribution in [0.1, 0.15) is 34.0 Å². The molecule has 4 heteroatoms. The van der Waals surface area contributed by atoms with E-state index in [0.29, 0.717) is 25.3 Å². The Morgan fingerprint density at radius 2 is 1.57 bits per heavy atom. The van der Waals surface area contributed by atoms with Gasteiger partial charge in [0.25, 0.3) is 0 Å². The van der Waals surface area contributed by atoms with E-state index in [9.17, 15) is 4.79 Å². The highest BCUT2D eigenvalue weighted by molar-refractivity contribution is 5.89. The minimum Gasteiger partial charge on any atom is -0.489 e. The van der Waals surface area contributed by atoms with E-state index in [1.807, 2.05) is 48.5 Å². The Morgan fingerprint density at radius 1 is 0.893 bits per heavy atom. The molecule has 0 amide bonds. The first-order valence-corrected chi connectivity index (χ1v) is 9.43. The van der Waals surface area contributed by atoms with Crippen LogP contribution in [0.15, 0.2) is 72.8 Å². The number of esters is 1. The summed E-state index contributed by atoms with van der Waals surface area (Å²) in [5, 5.41) is 3.38. The summed E-state index contributed by atoms with van der Waals surface area (Å²) in [6, 6.07) is 23.5. The molecule has 3 rings (SSSR count). The van der Waals surface area contributed by atoms with E-state index in [-0.39, 0.29) is 5.97 Å². The second-order valence-electron chi connectivity index (χ2n) is 6.47. The van der Waals surface area contributed by atoms with Gasteiger partial charge in [-0.1, -0.05) is 42.5 Å². The Bertz CT molecular complexity index is 919. The van der Waals surface area contributed by atoms with Gasteiger partial charge in [0.05, 0.1) is 12.2 Å². The third-order valence-corrected chi connectivity index (χ3v) is 4.50. The molecule has 144 valence electrons. The number of para-hydroxylation sites is 1. The number of ether oxygens (including phenoxy) is 2. The number of benzene rings is 3. The van der Waals surface area contributed by atoms with E-state index in [4.69, 9.17) is 9.47 Å². The molecule has 0 radical (unpaired) electrons. The lowest BCUT2D eigenvalue weighted by Gasteiger charge is -2.14. The second-order valence-corrected chi connectivity index (χ2v) is 6.47. The molecule has 1 N–H and O–H groups in total. The van der Waals surface area contributed by atoms with E-state index in [2.05, 4.69) is 24.4 Å². The molecule has 28 heavy (non-hydrogen) atoms. The normalized spacial score (nSPS) is 10.4. The van der Waals surface area contributed by atoms with Crippen molar-refractivity contribution in [3.63, 3.8) is 0 Å². The van der Waals surface area contributed by atoms with Crippen molar-refractivity contribution in [2.75, 3.05) is 11.9 Å². The van der Waals surface area contributed by atoms with Crippen LogP contribution >= 0.6 is 0 Å². The van der Waals surface area contributed by atoms with Crippen LogP contribution < -0.4 is 10.1 Å². The lowest BCUT2D eigenvalue weighted by Crippen LogP contribution is -2.06. The Balaban J connectivity index is 1.62. The molecular weight excluding hydrogens is 350 g/mol. The van der Waals surface area contributed by atoms with Gasteiger partial charge in [-0.15, -0.1) is 0 Å². The number of carbonyl (C=O) groups excluding carboxylic acids is 1. The van der Waals surface area contributed by atoms with Crippen LogP contribution in [0, 0.1) is 6.92 Å². The van der Waals surface area contributed by atoms with Crippen molar-refractivity contribution in [2.24, 2.45) is 0 Å². The number of aryl methyl sites for hydroxylation is 1. The number of anilines is 1. The zero-order valence-corrected chi connectivity index (χ0v) is 16.3. The molecule has 0 saturated carbocycles. The quantitative estimate of drug-likeness (QED) is 0.538. The van der Waals surface area contributed by atoms with Crippen molar-refractivity contribution >= 4 is 11.7 Å². The molecule has 0 spiro atoms. The van der Waals surface area contributed by atoms with Crippen LogP contribution in [0.25, 0.3) is 0 Å². The fourth-order valence-electron chi connectivity index (χ4n) is 2.85. The van der Waals surface area contributed by atoms with Crippen LogP contribution in [0.2, 0.25) is 0 Å². The number of hydrogen-bond donors (Lipinski definition) is 1. The fourth-order valence-corrected chi connectivity index (χ4v) is 2.85. The van der Waals surface area contributed by atoms with Crippen molar-refractivity contribution in [2.45, 2.75) is 27.0 Å². The molecule has 0 aliphatic rings. The molecule has 3 aromatic carbocycles. The van der Waals surface area contributed by atoms with Crippen LogP contribution in [-0.4, -0.2) is 12.6 Å². The summed E-state index contributed by atoms with van der Waals surface area (Å²) in [7, 11) is 0. The summed E-state index contributed by atoms with van der Waals surface area (Å²) in [5.41, 5.74) is 4.96. The summed E-state index contributed by atoms with van der Waals surface area (Å²) in [4.78, 5) is 11.7. The Morgan fingerprint density at radius 3 is 2.29 bits per heavy atom. The Hall–Kier alpha value is -3.27. The predicted molar refractivity (Wildman–Crippen MR) is 112 cm³/mol. The predicted octanol–water partition coefficient (Wildman–Crippen LogP) is 5.36. The van der Waals surface area contributed by atoms with Crippen molar-refractivity contribution in [1.82, 2.24) is 0 Å². The van der Waals surface area contributed by atoms with Crippen LogP contribution in [0.3, 0.4) is 0 Å². The summed E-state index contributed by atoms with van der Waals surface area (Å²) in [6.07, 6.45) is 0. The average molecular weight is 375 g/mol. The van der Waals surface area contributed by atoms with Gasteiger partial charge in [0, 0.05) is 17.8 Å². The molecular formula is C24H25NO3. The maximum atomic E-state index is 11.7. The molecule has 0 aliphatic carbocycles. The fraction of sp³-hybridized carbons (Fsp3) is 0.208. The average Bonchev–Trinajstić information content (AvgIpc) is 2.73. The number of nitrogens with one attached hydrogen (secondary N) is 1. The summed E-state index contributed by atoms with van der Waals surface area (Å²) in [6.45, 7) is 5.43. The molecule has 0 fully saturated rings. The lowest BCUT2D eigenvalue weighted by molar-refractivity contribution is 0.0526. The molecule has 0 aliphatic heterocycles. The SMILES string of the molecule is CCOC(=O)c1ccc(NCc2ccccc2OCc2ccccc2C)cc1. The highest BCUT2D eigenvalue weighted by Gasteiger charge is 2.07. The van der Waals surface area contributed by atoms with Gasteiger partial charge >= 0.3 is 5.97 Å². The van der Waals surface area contributed by atoms with E-state index in [0.717, 1.165) is 17.0 Å². The summed E-state index contributed by atoms with van der Waals surface area (Å²) in [5.74, 6) is 0.561. The molecule has 0 unspecified atom stereocenters. The zero-order chi connectivity index (χ0) is 19.8. The summed E-state index contributed by atoms with van der Waals surface area (Å²) >= 11 is 0. The monoisotopic (exact) mass is 375 g/mol. The van der Waals surface area contributed by atoms with E-state index in [1.165, 1.54) is 11.1 Å². The topological polar surface area (TPSA) is 47.6 Å². The standard InChI is InChI=1S/C24H25NO3/c1-3-27-24(26)19-12-14-22(15-13-19)25-16-20-9-6-7-11-23(20)28-17-21-10-5-4-8-18(21)2/h4-15,25H,3,16-17H2,1-2H3. The first kappa shape index (κ1) is 19.5. The van der Waals surface area contributed by atoms with Crippen molar-refractivity contribution in [3.8, 4) is 5.75 Å². The maximum Gasteiger partial charge on any atom is 0.338 e. The molecule has 0 bridgehead atoms. The molecule has 0 heterocycles. The highest BCUT2D eigenvalue weighted by Crippen LogP contribution is 2.22.